The number of carboxylic acids is 1. The molecule has 3 heterocycles. The van der Waals surface area contributed by atoms with Gasteiger partial charge in [0.15, 0.2) is 16.9 Å². The Labute approximate surface area is 291 Å². The molecule has 1 saturated heterocycles. The quantitative estimate of drug-likeness (QED) is 0.0559. The van der Waals surface area contributed by atoms with Crippen molar-refractivity contribution in [1.82, 2.24) is 20.7 Å². The Bertz CT molecular complexity index is 1840. The molecule has 272 valence electrons. The predicted octanol–water partition coefficient (Wildman–Crippen LogP) is 1.10. The van der Waals surface area contributed by atoms with Gasteiger partial charge in [-0.05, 0) is 90.0 Å². The molecule has 9 N–H and O–H groups in total. The number of hydrogen-bond acceptors (Lipinski definition) is 14. The van der Waals surface area contributed by atoms with Crippen molar-refractivity contribution in [2.45, 2.75) is 101 Å². The third kappa shape index (κ3) is 7.53. The summed E-state index contributed by atoms with van der Waals surface area (Å²) in [6.45, 7) is 6.06. The monoisotopic (exact) mass is 736 g/mol. The average Bonchev–Trinajstić information content (AvgIpc) is 3.48. The summed E-state index contributed by atoms with van der Waals surface area (Å²) in [5.74, 6) is -2.79. The van der Waals surface area contributed by atoms with Crippen LogP contribution in [0.4, 0.5) is 5.13 Å². The molecule has 20 heteroatoms. The van der Waals surface area contributed by atoms with Crippen LogP contribution in [0.2, 0.25) is 0 Å². The van der Waals surface area contributed by atoms with Gasteiger partial charge < -0.3 is 36.8 Å². The van der Waals surface area contributed by atoms with Gasteiger partial charge in [0.25, 0.3) is 17.4 Å². The number of nitrogens with two attached hydrogens (primary N) is 2. The number of aromatic nitrogens is 1. The Morgan fingerprint density at radius 3 is 2.50 bits per heavy atom. The maximum atomic E-state index is 13.5. The van der Waals surface area contributed by atoms with Gasteiger partial charge in [-0.3, -0.25) is 19.6 Å². The number of ether oxygens (including phenoxy) is 1. The van der Waals surface area contributed by atoms with E-state index in [-0.39, 0.29) is 34.7 Å². The lowest BCUT2D eigenvalue weighted by atomic mass is 9.81. The van der Waals surface area contributed by atoms with Crippen LogP contribution in [-0.4, -0.2) is 92.3 Å². The molecule has 0 bridgehead atoms. The van der Waals surface area contributed by atoms with Crippen molar-refractivity contribution in [3.63, 3.8) is 0 Å². The van der Waals surface area contributed by atoms with E-state index < -0.39 is 57.2 Å². The van der Waals surface area contributed by atoms with Crippen LogP contribution < -0.4 is 26.8 Å². The van der Waals surface area contributed by atoms with Crippen molar-refractivity contribution in [2.75, 3.05) is 5.73 Å². The first-order valence-corrected chi connectivity index (χ1v) is 17.9. The first kappa shape index (κ1) is 36.9. The van der Waals surface area contributed by atoms with Crippen molar-refractivity contribution in [3.05, 3.63) is 40.4 Å². The smallest absolute Gasteiger partial charge is 0.418 e. The second kappa shape index (κ2) is 13.4. The molecule has 1 saturated carbocycles. The molecule has 50 heavy (non-hydrogen) atoms. The topological polar surface area (TPSA) is 282 Å². The van der Waals surface area contributed by atoms with Gasteiger partial charge in [-0.2, -0.15) is 13.5 Å². The fraction of sp³-hybridized carbons (Fsp3) is 0.533. The minimum absolute atomic E-state index is 0.0567. The highest BCUT2D eigenvalue weighted by molar-refractivity contribution is 7.80. The maximum absolute atomic E-state index is 13.5. The average molecular weight is 737 g/mol. The summed E-state index contributed by atoms with van der Waals surface area (Å²) in [6.07, 6.45) is 2.95. The highest BCUT2D eigenvalue weighted by Gasteiger charge is 2.58. The van der Waals surface area contributed by atoms with E-state index in [1.165, 1.54) is 26.2 Å². The summed E-state index contributed by atoms with van der Waals surface area (Å²) in [7, 11) is -5.03. The lowest BCUT2D eigenvalue weighted by Gasteiger charge is -2.50. The van der Waals surface area contributed by atoms with E-state index in [4.69, 9.17) is 31.0 Å². The second-order valence-electron chi connectivity index (χ2n) is 13.6. The van der Waals surface area contributed by atoms with Gasteiger partial charge >= 0.3 is 16.4 Å². The fourth-order valence-electron chi connectivity index (χ4n) is 6.10. The zero-order valence-electron chi connectivity index (χ0n) is 27.8. The predicted molar refractivity (Wildman–Crippen MR) is 180 cm³/mol. The molecule has 2 aliphatic heterocycles. The van der Waals surface area contributed by atoms with Crippen LogP contribution in [-0.2, 0) is 40.3 Å². The van der Waals surface area contributed by atoms with Gasteiger partial charge in [0, 0.05) is 22.5 Å². The highest BCUT2D eigenvalue weighted by atomic mass is 32.3. The molecule has 1 aromatic carbocycles. The molecule has 1 aliphatic carbocycles. The fourth-order valence-corrected chi connectivity index (χ4v) is 7.11. The third-order valence-corrected chi connectivity index (χ3v) is 10.3. The third-order valence-electron chi connectivity index (χ3n) is 9.32. The molecule has 1 aromatic heterocycles. The summed E-state index contributed by atoms with van der Waals surface area (Å²) < 4.78 is 41.8. The van der Waals surface area contributed by atoms with Crippen molar-refractivity contribution in [1.29, 1.82) is 5.41 Å². The number of thiazole rings is 1. The molecule has 0 radical (unpaired) electrons. The highest BCUT2D eigenvalue weighted by Crippen LogP contribution is 2.36. The van der Waals surface area contributed by atoms with Gasteiger partial charge in [0.1, 0.15) is 23.3 Å². The lowest BCUT2D eigenvalue weighted by Crippen LogP contribution is -2.76. The molecule has 18 nitrogen and oxygen atoms in total. The number of amidine groups is 1. The van der Waals surface area contributed by atoms with Crippen LogP contribution in [0, 0.1) is 5.41 Å². The van der Waals surface area contributed by atoms with Crippen LogP contribution in [0.3, 0.4) is 0 Å². The second-order valence-corrected chi connectivity index (χ2v) is 15.5. The van der Waals surface area contributed by atoms with Gasteiger partial charge in [-0.15, -0.1) is 15.6 Å². The molecule has 3 atom stereocenters. The van der Waals surface area contributed by atoms with Crippen LogP contribution >= 0.6 is 11.3 Å². The number of nitrogen functional groups attached to an aromatic ring is 1. The number of amides is 2. The summed E-state index contributed by atoms with van der Waals surface area (Å²) in [6, 6.07) is 4.04. The molecular weight excluding hydrogens is 697 g/mol. The van der Waals surface area contributed by atoms with Crippen molar-refractivity contribution < 1.29 is 46.3 Å². The number of carbonyl (C=O) groups is 3. The van der Waals surface area contributed by atoms with E-state index in [0.717, 1.165) is 42.6 Å². The van der Waals surface area contributed by atoms with Crippen LogP contribution in [0.15, 0.2) is 28.7 Å². The van der Waals surface area contributed by atoms with Crippen LogP contribution in [0.5, 0.6) is 5.75 Å². The van der Waals surface area contributed by atoms with Gasteiger partial charge in [0.05, 0.1) is 5.54 Å². The number of carboxylic acid groups (broad SMARTS) is 1. The first-order chi connectivity index (χ1) is 23.2. The molecule has 5 rings (SSSR count). The molecule has 2 amide bonds. The van der Waals surface area contributed by atoms with E-state index in [0.29, 0.717) is 22.8 Å². The zero-order chi connectivity index (χ0) is 36.8. The number of anilines is 1. The Morgan fingerprint density at radius 2 is 1.92 bits per heavy atom. The Kier molecular flexibility index (Phi) is 9.89. The minimum atomic E-state index is -5.03. The number of fused-ring (bicyclic) bond motifs is 1. The zero-order valence-corrected chi connectivity index (χ0v) is 29.4. The number of hydrogen-bond donors (Lipinski definition) is 7. The summed E-state index contributed by atoms with van der Waals surface area (Å²) in [5, 5.41) is 30.4. The molecular formula is C30H40N8O10S2. The number of aliphatic carboxylic acids is 1. The molecule has 2 aromatic rings. The number of aryl methyl sites for hydroxylation is 1. The summed E-state index contributed by atoms with van der Waals surface area (Å²) >= 11 is 0.963. The molecule has 3 aliphatic rings. The van der Waals surface area contributed by atoms with Crippen molar-refractivity contribution >= 4 is 56.2 Å². The Morgan fingerprint density at radius 1 is 1.24 bits per heavy atom. The SMILES string of the molecule is CC1(C)[C@H](NC(=O)/C(=N\O[C@](C)(C(=O)O)[C@H]2CCc3cc(C(=N)N[C@]4(C)CC[C@@H](N)CC4)ccc3O2)c2csc(N)n2)C(=O)N1OS(=O)(=O)O. The van der Waals surface area contributed by atoms with Gasteiger partial charge in [0.2, 0.25) is 0 Å². The number of hydroxylamine groups is 2. The standard InChI is InChI=1S/C30H40N8O10S2/c1-28(2)22(25(40)38(28)48-50(43,44)45)35-24(39)21(18-14-49-27(33)34-18)37-47-30(4,26(41)42)20-8-6-15-13-16(5-7-19(15)46-20)23(32)36-29(3)11-9-17(31)10-12-29/h5,7,13-14,17,20,22H,6,8-12,31H2,1-4H3,(H2,32,36)(H2,33,34)(H,35,39)(H,41,42)(H,43,44,45)/b37-21-/t17-,20-,22-,29-,30+/m1/s1. The van der Waals surface area contributed by atoms with Crippen molar-refractivity contribution in [2.24, 2.45) is 10.9 Å². The van der Waals surface area contributed by atoms with E-state index in [1.807, 2.05) is 6.07 Å². The number of carbonyl (C=O) groups excluding carboxylic acids is 2. The number of β-lactam (4-membered cyclic amide) rings is 1. The normalized spacial score (nSPS) is 26.0. The van der Waals surface area contributed by atoms with Gasteiger partial charge in [-0.1, -0.05) is 5.16 Å². The van der Waals surface area contributed by atoms with E-state index in [1.54, 1.807) is 12.1 Å². The van der Waals surface area contributed by atoms with Crippen LogP contribution in [0.1, 0.15) is 76.6 Å². The van der Waals surface area contributed by atoms with E-state index in [9.17, 15) is 27.9 Å². The number of nitrogens with one attached hydrogen (secondary N) is 3. The van der Waals surface area contributed by atoms with Crippen LogP contribution in [0.25, 0.3) is 0 Å². The Hall–Kier alpha value is -4.37. The minimum Gasteiger partial charge on any atom is -0.485 e. The largest absolute Gasteiger partial charge is 0.485 e. The molecule has 2 fully saturated rings. The first-order valence-electron chi connectivity index (χ1n) is 15.7. The lowest BCUT2D eigenvalue weighted by molar-refractivity contribution is -0.218. The number of benzene rings is 1. The Balaban J connectivity index is 1.33. The van der Waals surface area contributed by atoms with E-state index >= 15 is 0 Å². The maximum Gasteiger partial charge on any atom is 0.418 e. The van der Waals surface area contributed by atoms with Gasteiger partial charge in [-0.25, -0.2) is 9.78 Å². The van der Waals surface area contributed by atoms with E-state index in [2.05, 4.69) is 32.0 Å². The summed E-state index contributed by atoms with van der Waals surface area (Å²) in [4.78, 5) is 48.4. The number of nitrogens with zero attached hydrogens (tertiary/aromatic N) is 3. The van der Waals surface area contributed by atoms with Crippen molar-refractivity contribution in [3.8, 4) is 5.75 Å². The molecule has 0 spiro atoms. The molecule has 0 unspecified atom stereocenters. The number of oxime groups is 1. The summed E-state index contributed by atoms with van der Waals surface area (Å²) in [5.41, 5.74) is 8.83. The number of rotatable bonds is 11.